The Bertz CT molecular complexity index is 1150. The molecule has 0 aliphatic carbocycles. The molecular weight excluding hydrogens is 331 g/mol. The minimum atomic E-state index is -0.623. The third kappa shape index (κ3) is 2.33. The number of fused-ring (bicyclic) bond motifs is 1. The van der Waals surface area contributed by atoms with Crippen molar-refractivity contribution in [3.63, 3.8) is 0 Å². The molecule has 8 heteroatoms. The highest BCUT2D eigenvalue weighted by Crippen LogP contribution is 2.18. The molecule has 0 spiro atoms. The van der Waals surface area contributed by atoms with Gasteiger partial charge in [0.05, 0.1) is 5.69 Å². The largest absolute Gasteiger partial charge is 0.403 e. The first-order valence-electron chi connectivity index (χ1n) is 6.98. The minimum Gasteiger partial charge on any atom is -0.403 e. The molecule has 4 aromatic rings. The second-order valence-corrected chi connectivity index (χ2v) is 5.32. The van der Waals surface area contributed by atoms with Crippen LogP contribution in [0.15, 0.2) is 63.8 Å². The van der Waals surface area contributed by atoms with Crippen LogP contribution in [0.25, 0.3) is 23.0 Å². The molecule has 6 nitrogen and oxygen atoms in total. The molecule has 0 unspecified atom stereocenters. The zero-order valence-corrected chi connectivity index (χ0v) is 12.9. The smallest absolute Gasteiger partial charge is 0.359 e. The third-order valence-electron chi connectivity index (χ3n) is 3.42. The van der Waals surface area contributed by atoms with Crippen molar-refractivity contribution < 1.29 is 8.81 Å². The summed E-state index contributed by atoms with van der Waals surface area (Å²) in [5.41, 5.74) is 0.512. The molecule has 2 aromatic heterocycles. The average Bonchev–Trinajstić information content (AvgIpc) is 3.02. The zero-order chi connectivity index (χ0) is 16.7. The lowest BCUT2D eigenvalue weighted by Crippen LogP contribution is -2.24. The van der Waals surface area contributed by atoms with Gasteiger partial charge in [0.25, 0.3) is 0 Å². The Hall–Kier alpha value is -3.13. The van der Waals surface area contributed by atoms with Crippen LogP contribution >= 0.6 is 12.2 Å². The molecule has 118 valence electrons. The second-order valence-electron chi connectivity index (χ2n) is 4.96. The topological polar surface area (TPSA) is 65.3 Å². The number of hydrogen-bond donors (Lipinski definition) is 0. The summed E-state index contributed by atoms with van der Waals surface area (Å²) in [6.07, 6.45) is 0. The molecule has 2 heterocycles. The van der Waals surface area contributed by atoms with Gasteiger partial charge in [-0.1, -0.05) is 18.2 Å². The molecule has 24 heavy (non-hydrogen) atoms. The summed E-state index contributed by atoms with van der Waals surface area (Å²) in [5, 5.41) is 4.28. The van der Waals surface area contributed by atoms with E-state index >= 15 is 0 Å². The maximum atomic E-state index is 13.1. The van der Waals surface area contributed by atoms with Gasteiger partial charge in [-0.15, -0.1) is 10.1 Å². The van der Waals surface area contributed by atoms with Gasteiger partial charge in [0.1, 0.15) is 5.82 Å². The van der Waals surface area contributed by atoms with Gasteiger partial charge in [-0.25, -0.2) is 13.8 Å². The van der Waals surface area contributed by atoms with Crippen LogP contribution in [0.3, 0.4) is 0 Å². The van der Waals surface area contributed by atoms with E-state index in [0.29, 0.717) is 11.6 Å². The van der Waals surface area contributed by atoms with Gasteiger partial charge in [-0.3, -0.25) is 0 Å². The predicted octanol–water partition coefficient (Wildman–Crippen LogP) is 3.01. The molecule has 0 bridgehead atoms. The first kappa shape index (κ1) is 14.5. The van der Waals surface area contributed by atoms with Crippen LogP contribution in [0.2, 0.25) is 0 Å². The normalized spacial score (nSPS) is 11.0. The Labute approximate surface area is 139 Å². The van der Waals surface area contributed by atoms with E-state index in [-0.39, 0.29) is 10.6 Å². The van der Waals surface area contributed by atoms with Crippen molar-refractivity contribution in [1.82, 2.24) is 19.2 Å². The quantitative estimate of drug-likeness (QED) is 0.525. The zero-order valence-electron chi connectivity index (χ0n) is 12.1. The van der Waals surface area contributed by atoms with E-state index in [4.69, 9.17) is 16.6 Å². The molecule has 0 saturated heterocycles. The molecule has 4 rings (SSSR count). The predicted molar refractivity (Wildman–Crippen MR) is 87.1 cm³/mol. The molecular formula is C16H9FN4O2S. The number of rotatable bonds is 2. The van der Waals surface area contributed by atoms with E-state index in [1.54, 1.807) is 0 Å². The van der Waals surface area contributed by atoms with Gasteiger partial charge >= 0.3 is 11.5 Å². The SMILES string of the molecule is O=c1nc2oc(-c3ccccc3)nn2c(=S)n1-c1ccc(F)cc1. The summed E-state index contributed by atoms with van der Waals surface area (Å²) in [6, 6.07) is 14.6. The van der Waals surface area contributed by atoms with Crippen LogP contribution in [0.5, 0.6) is 0 Å². The molecule has 0 N–H and O–H groups in total. The van der Waals surface area contributed by atoms with Crippen molar-refractivity contribution in [2.75, 3.05) is 0 Å². The molecule has 0 saturated carbocycles. The van der Waals surface area contributed by atoms with Gasteiger partial charge in [0, 0.05) is 5.56 Å². The van der Waals surface area contributed by atoms with Crippen LogP contribution < -0.4 is 5.69 Å². The fraction of sp³-hybridized carbons (Fsp3) is 0. The summed E-state index contributed by atoms with van der Waals surface area (Å²) in [7, 11) is 0. The van der Waals surface area contributed by atoms with E-state index < -0.39 is 11.5 Å². The number of nitrogens with zero attached hydrogens (tertiary/aromatic N) is 4. The van der Waals surface area contributed by atoms with E-state index in [9.17, 15) is 9.18 Å². The van der Waals surface area contributed by atoms with Gasteiger partial charge in [-0.2, -0.15) is 4.52 Å². The van der Waals surface area contributed by atoms with Crippen LogP contribution in [-0.4, -0.2) is 19.2 Å². The Morgan fingerprint density at radius 1 is 1.04 bits per heavy atom. The van der Waals surface area contributed by atoms with Crippen molar-refractivity contribution in [3.8, 4) is 17.1 Å². The number of hydrogen-bond acceptors (Lipinski definition) is 5. The number of halogens is 1. The van der Waals surface area contributed by atoms with Crippen LogP contribution in [0.1, 0.15) is 0 Å². The van der Waals surface area contributed by atoms with Crippen molar-refractivity contribution in [1.29, 1.82) is 0 Å². The Morgan fingerprint density at radius 2 is 1.75 bits per heavy atom. The maximum absolute atomic E-state index is 13.1. The monoisotopic (exact) mass is 340 g/mol. The highest BCUT2D eigenvalue weighted by atomic mass is 32.1. The Balaban J connectivity index is 1.96. The Kier molecular flexibility index (Phi) is 3.31. The van der Waals surface area contributed by atoms with Crippen molar-refractivity contribution in [2.45, 2.75) is 0 Å². The van der Waals surface area contributed by atoms with Crippen LogP contribution in [0.4, 0.5) is 4.39 Å². The summed E-state index contributed by atoms with van der Waals surface area (Å²) >= 11 is 5.33. The molecule has 0 aliphatic rings. The Morgan fingerprint density at radius 3 is 2.46 bits per heavy atom. The van der Waals surface area contributed by atoms with Crippen molar-refractivity contribution in [2.24, 2.45) is 0 Å². The number of aromatic nitrogens is 4. The summed E-state index contributed by atoms with van der Waals surface area (Å²) < 4.78 is 21.1. The lowest BCUT2D eigenvalue weighted by atomic mass is 10.2. The van der Waals surface area contributed by atoms with Gasteiger partial charge < -0.3 is 4.42 Å². The standard InChI is InChI=1S/C16H9FN4O2S/c17-11-6-8-12(9-7-11)20-14(22)18-15-21(16(20)24)19-13(23-15)10-4-2-1-3-5-10/h1-9H. The molecule has 2 aromatic carbocycles. The fourth-order valence-electron chi connectivity index (χ4n) is 2.30. The van der Waals surface area contributed by atoms with Crippen molar-refractivity contribution >= 4 is 18.1 Å². The lowest BCUT2D eigenvalue weighted by Gasteiger charge is -2.04. The second kappa shape index (κ2) is 5.50. The van der Waals surface area contributed by atoms with Crippen LogP contribution in [0, 0.1) is 10.6 Å². The highest BCUT2D eigenvalue weighted by Gasteiger charge is 2.14. The summed E-state index contributed by atoms with van der Waals surface area (Å²) in [4.78, 5) is 16.1. The molecule has 0 aliphatic heterocycles. The van der Waals surface area contributed by atoms with Gasteiger partial charge in [0.15, 0.2) is 0 Å². The molecule has 0 radical (unpaired) electrons. The highest BCUT2D eigenvalue weighted by molar-refractivity contribution is 7.71. The van der Waals surface area contributed by atoms with E-state index in [0.717, 1.165) is 5.56 Å². The molecule has 0 atom stereocenters. The van der Waals surface area contributed by atoms with E-state index in [1.165, 1.54) is 33.3 Å². The van der Waals surface area contributed by atoms with E-state index in [1.807, 2.05) is 30.3 Å². The van der Waals surface area contributed by atoms with Crippen molar-refractivity contribution in [3.05, 3.63) is 75.7 Å². The molecule has 0 amide bonds. The third-order valence-corrected chi connectivity index (χ3v) is 3.78. The first-order chi connectivity index (χ1) is 11.6. The van der Waals surface area contributed by atoms with E-state index in [2.05, 4.69) is 10.1 Å². The number of benzene rings is 2. The summed E-state index contributed by atoms with van der Waals surface area (Å²) in [6.45, 7) is 0. The minimum absolute atomic E-state index is 0.00205. The summed E-state index contributed by atoms with van der Waals surface area (Å²) in [5.74, 6) is -0.111. The molecule has 0 fully saturated rings. The van der Waals surface area contributed by atoms with Crippen LogP contribution in [-0.2, 0) is 0 Å². The first-order valence-corrected chi connectivity index (χ1v) is 7.38. The van der Waals surface area contributed by atoms with Gasteiger partial charge in [0.2, 0.25) is 10.7 Å². The average molecular weight is 340 g/mol. The lowest BCUT2D eigenvalue weighted by molar-refractivity contribution is 0.593. The fourth-order valence-corrected chi connectivity index (χ4v) is 2.60. The maximum Gasteiger partial charge on any atom is 0.359 e. The van der Waals surface area contributed by atoms with Gasteiger partial charge in [-0.05, 0) is 48.6 Å².